The van der Waals surface area contributed by atoms with Crippen molar-refractivity contribution in [3.63, 3.8) is 0 Å². The topological polar surface area (TPSA) is 0 Å². The molecule has 0 aliphatic rings. The van der Waals surface area contributed by atoms with Crippen molar-refractivity contribution >= 4 is 29.6 Å². The monoisotopic (exact) mass is 352 g/mol. The van der Waals surface area contributed by atoms with Gasteiger partial charge in [0, 0.05) is 5.75 Å². The first-order valence-corrected chi connectivity index (χ1v) is 10.7. The van der Waals surface area contributed by atoms with Gasteiger partial charge >= 0.3 is 18.9 Å². The van der Waals surface area contributed by atoms with Crippen molar-refractivity contribution in [3.8, 4) is 0 Å². The molecule has 0 aliphatic heterocycles. The van der Waals surface area contributed by atoms with E-state index in [0.717, 1.165) is 17.5 Å². The van der Waals surface area contributed by atoms with Crippen molar-refractivity contribution in [3.05, 3.63) is 58.7 Å². The molecule has 1 rings (SSSR count). The molecule has 0 spiro atoms. The molecule has 0 radical (unpaired) electrons. The number of thioether (sulfide) groups is 2. The van der Waals surface area contributed by atoms with Crippen LogP contribution in [0.25, 0.3) is 6.08 Å². The Morgan fingerprint density at radius 1 is 1.08 bits per heavy atom. The minimum Gasteiger partial charge on any atom is -0.212 e. The van der Waals surface area contributed by atoms with Gasteiger partial charge in [-0.05, 0) is 34.8 Å². The Balaban J connectivity index is 0.00000529. The molecular weight excluding hydrogens is 323 g/mol. The molecule has 0 fully saturated rings. The third kappa shape index (κ3) is 11.4. The Morgan fingerprint density at radius 2 is 1.79 bits per heavy atom. The number of unbranched alkanes of at least 4 members (excludes halogenated alkanes) is 2. The summed E-state index contributed by atoms with van der Waals surface area (Å²) in [5.74, 6) is 3.70. The quantitative estimate of drug-likeness (QED) is 0.241. The molecule has 0 unspecified atom stereocenters. The van der Waals surface area contributed by atoms with Crippen LogP contribution in [-0.4, -0.2) is 17.3 Å². The molecule has 0 aromatic heterocycles. The molecule has 0 nitrogen and oxygen atoms in total. The fourth-order valence-electron chi connectivity index (χ4n) is 1.92. The van der Waals surface area contributed by atoms with Crippen molar-refractivity contribution in [1.82, 2.24) is 0 Å². The van der Waals surface area contributed by atoms with E-state index < -0.39 is 0 Å². The van der Waals surface area contributed by atoms with Crippen molar-refractivity contribution in [2.45, 2.75) is 46.0 Å². The number of hydrogen-bond acceptors (Lipinski definition) is 2. The fraction of sp³-hybridized carbons (Fsp3) is 0.476. The standard InChI is InChI=1S/C21H29S2.Li/c1-4-7-9-21(23-18-17-22-16-8-5-2)15-14-20-12-10-19(6-3)11-13-20;/h6,10-13H,3-5,7-9,16-18H2,1-2H3;/q-1;+1. The number of allylic oxidation sites excluding steroid dienone is 1. The van der Waals surface area contributed by atoms with Crippen molar-refractivity contribution in [2.75, 3.05) is 17.3 Å². The Hall–Kier alpha value is -0.223. The third-order valence-electron chi connectivity index (χ3n) is 3.40. The molecule has 0 N–H and O–H groups in total. The Labute approximate surface area is 169 Å². The number of benzene rings is 1. The van der Waals surface area contributed by atoms with Crippen LogP contribution in [0.3, 0.4) is 0 Å². The van der Waals surface area contributed by atoms with Gasteiger partial charge in [-0.3, -0.25) is 0 Å². The van der Waals surface area contributed by atoms with Gasteiger partial charge in [-0.1, -0.05) is 64.0 Å². The van der Waals surface area contributed by atoms with Gasteiger partial charge < -0.3 is 0 Å². The first-order valence-electron chi connectivity index (χ1n) is 8.61. The largest absolute Gasteiger partial charge is 1.00 e. The second kappa shape index (κ2) is 16.3. The molecule has 0 amide bonds. The zero-order chi connectivity index (χ0) is 16.8. The predicted octanol–water partition coefficient (Wildman–Crippen LogP) is 3.98. The van der Waals surface area contributed by atoms with Crippen LogP contribution in [0.4, 0.5) is 0 Å². The molecule has 0 bridgehead atoms. The Bertz CT molecular complexity index is 499. The van der Waals surface area contributed by atoms with Crippen molar-refractivity contribution < 1.29 is 18.9 Å². The summed E-state index contributed by atoms with van der Waals surface area (Å²) in [7, 11) is 0. The first kappa shape index (κ1) is 23.8. The van der Waals surface area contributed by atoms with Crippen molar-refractivity contribution in [2.24, 2.45) is 0 Å². The minimum absolute atomic E-state index is 0. The number of rotatable bonds is 12. The van der Waals surface area contributed by atoms with Crippen LogP contribution in [0.15, 0.2) is 41.5 Å². The SMILES string of the molecule is C=Cc1ccc([C-]=C=C(CCCC)SCCSCCCC)cc1.[Li+]. The maximum absolute atomic E-state index is 3.78. The molecule has 1 aromatic carbocycles. The average molecular weight is 353 g/mol. The van der Waals surface area contributed by atoms with E-state index in [4.69, 9.17) is 0 Å². The van der Waals surface area contributed by atoms with Crippen LogP contribution in [-0.2, 0) is 0 Å². The molecule has 3 heteroatoms. The molecule has 1 aromatic rings. The summed E-state index contributed by atoms with van der Waals surface area (Å²) in [6, 6.07) is 8.29. The van der Waals surface area contributed by atoms with E-state index in [1.54, 1.807) is 0 Å². The summed E-state index contributed by atoms with van der Waals surface area (Å²) in [5, 5.41) is 0. The van der Waals surface area contributed by atoms with E-state index in [1.165, 1.54) is 47.8 Å². The first-order chi connectivity index (χ1) is 11.3. The molecule has 0 saturated carbocycles. The van der Waals surface area contributed by atoms with Crippen LogP contribution in [0.5, 0.6) is 0 Å². The molecule has 0 heterocycles. The second-order valence-electron chi connectivity index (χ2n) is 5.42. The van der Waals surface area contributed by atoms with Gasteiger partial charge in [0.1, 0.15) is 0 Å². The van der Waals surface area contributed by atoms with Crippen LogP contribution < -0.4 is 18.9 Å². The van der Waals surface area contributed by atoms with E-state index in [9.17, 15) is 0 Å². The van der Waals surface area contributed by atoms with Crippen molar-refractivity contribution in [1.29, 1.82) is 0 Å². The van der Waals surface area contributed by atoms with Crippen LogP contribution in [0, 0.1) is 6.08 Å². The van der Waals surface area contributed by atoms with Gasteiger partial charge in [-0.25, -0.2) is 5.73 Å². The summed E-state index contributed by atoms with van der Waals surface area (Å²) in [6.45, 7) is 8.28. The van der Waals surface area contributed by atoms with Crippen LogP contribution in [0.1, 0.15) is 57.1 Å². The summed E-state index contributed by atoms with van der Waals surface area (Å²) in [4.78, 5) is 1.34. The maximum atomic E-state index is 3.78. The summed E-state index contributed by atoms with van der Waals surface area (Å²) < 4.78 is 0. The molecule has 0 saturated heterocycles. The summed E-state index contributed by atoms with van der Waals surface area (Å²) in [5.41, 5.74) is 5.63. The van der Waals surface area contributed by atoms with Gasteiger partial charge in [-0.2, -0.15) is 23.5 Å². The van der Waals surface area contributed by atoms with E-state index in [2.05, 4.69) is 68.3 Å². The van der Waals surface area contributed by atoms with Gasteiger partial charge in [0.2, 0.25) is 0 Å². The molecule has 24 heavy (non-hydrogen) atoms. The molecule has 0 atom stereocenters. The van der Waals surface area contributed by atoms with Gasteiger partial charge in [-0.15, -0.1) is 17.7 Å². The maximum Gasteiger partial charge on any atom is 1.00 e. The van der Waals surface area contributed by atoms with Gasteiger partial charge in [0.05, 0.1) is 0 Å². The zero-order valence-electron chi connectivity index (χ0n) is 15.6. The van der Waals surface area contributed by atoms with Crippen LogP contribution >= 0.6 is 23.5 Å². The summed E-state index contributed by atoms with van der Waals surface area (Å²) in [6.07, 6.45) is 11.4. The predicted molar refractivity (Wildman–Crippen MR) is 110 cm³/mol. The minimum atomic E-state index is 0. The van der Waals surface area contributed by atoms with Gasteiger partial charge in [0.25, 0.3) is 0 Å². The van der Waals surface area contributed by atoms with E-state index >= 15 is 0 Å². The second-order valence-corrected chi connectivity index (χ2v) is 7.83. The van der Waals surface area contributed by atoms with E-state index in [1.807, 2.05) is 17.8 Å². The van der Waals surface area contributed by atoms with E-state index in [-0.39, 0.29) is 18.9 Å². The summed E-state index contributed by atoms with van der Waals surface area (Å²) >= 11 is 4.02. The third-order valence-corrected chi connectivity index (χ3v) is 5.79. The smallest absolute Gasteiger partial charge is 0.212 e. The molecule has 126 valence electrons. The zero-order valence-corrected chi connectivity index (χ0v) is 17.2. The Kier molecular flexibility index (Phi) is 16.1. The number of hydrogen-bond donors (Lipinski definition) is 0. The average Bonchev–Trinajstić information content (AvgIpc) is 2.60. The molecular formula is C21H29LiS2. The van der Waals surface area contributed by atoms with Gasteiger partial charge in [0.15, 0.2) is 0 Å². The van der Waals surface area contributed by atoms with E-state index in [0.29, 0.717) is 0 Å². The normalized spacial score (nSPS) is 9.75. The van der Waals surface area contributed by atoms with Crippen LogP contribution in [0.2, 0.25) is 0 Å². The fourth-order valence-corrected chi connectivity index (χ4v) is 4.08. The molecule has 0 aliphatic carbocycles. The Morgan fingerprint density at radius 3 is 2.42 bits per heavy atom.